The van der Waals surface area contributed by atoms with Gasteiger partial charge in [-0.25, -0.2) is 22.7 Å². The molecule has 106 valence electrons. The average molecular weight is 289 g/mol. The van der Waals surface area contributed by atoms with Crippen LogP contribution in [0.15, 0.2) is 23.1 Å². The number of benzene rings is 1. The molecule has 7 heteroatoms. The molecule has 0 aliphatic carbocycles. The number of carbonyl (C=O) groups is 1. The minimum absolute atomic E-state index is 0.148. The average Bonchev–Trinajstić information content (AvgIpc) is 2.27. The highest BCUT2D eigenvalue weighted by Crippen LogP contribution is 2.15. The Bertz CT molecular complexity index is 569. The lowest BCUT2D eigenvalue weighted by Crippen LogP contribution is -2.15. The highest BCUT2D eigenvalue weighted by atomic mass is 32.2. The summed E-state index contributed by atoms with van der Waals surface area (Å²) in [5.41, 5.74) is -0.435. The molecule has 0 aliphatic rings. The second kappa shape index (κ2) is 6.12. The van der Waals surface area contributed by atoms with Crippen LogP contribution in [0, 0.1) is 11.7 Å². The number of carbonyl (C=O) groups excluding carboxylic acids is 1. The number of nitrogens with two attached hydrogens (primary N) is 1. The Kier molecular flexibility index (Phi) is 5.02. The molecule has 0 aliphatic heterocycles. The fraction of sp³-hybridized carbons (Fsp3) is 0.417. The Morgan fingerprint density at radius 1 is 1.42 bits per heavy atom. The first kappa shape index (κ1) is 15.6. The van der Waals surface area contributed by atoms with Crippen LogP contribution in [-0.4, -0.2) is 21.0 Å². The maximum absolute atomic E-state index is 13.5. The standard InChI is InChI=1S/C12H16FNO4S/c1-8(2)5-6-18-12(15)10-7-9(19(14,16)17)3-4-11(10)13/h3-4,7-8H,5-6H2,1-2H3,(H2,14,16,17). The molecule has 1 rings (SSSR count). The summed E-state index contributed by atoms with van der Waals surface area (Å²) in [5.74, 6) is -1.40. The summed E-state index contributed by atoms with van der Waals surface area (Å²) in [5, 5.41) is 4.91. The second-order valence-electron chi connectivity index (χ2n) is 4.51. The van der Waals surface area contributed by atoms with E-state index in [4.69, 9.17) is 9.88 Å². The van der Waals surface area contributed by atoms with E-state index < -0.39 is 27.4 Å². The van der Waals surface area contributed by atoms with E-state index in [1.165, 1.54) is 0 Å². The van der Waals surface area contributed by atoms with Crippen LogP contribution in [0.2, 0.25) is 0 Å². The van der Waals surface area contributed by atoms with Gasteiger partial charge in [0.25, 0.3) is 0 Å². The van der Waals surface area contributed by atoms with Gasteiger partial charge in [0.05, 0.1) is 17.1 Å². The lowest BCUT2D eigenvalue weighted by Gasteiger charge is -2.08. The van der Waals surface area contributed by atoms with Crippen molar-refractivity contribution in [3.05, 3.63) is 29.6 Å². The highest BCUT2D eigenvalue weighted by Gasteiger charge is 2.17. The molecule has 5 nitrogen and oxygen atoms in total. The number of ether oxygens (including phenoxy) is 1. The fourth-order valence-corrected chi connectivity index (χ4v) is 1.84. The van der Waals surface area contributed by atoms with Crippen LogP contribution in [0.4, 0.5) is 4.39 Å². The number of halogens is 1. The molecule has 1 aromatic carbocycles. The van der Waals surface area contributed by atoms with Crippen LogP contribution in [0.1, 0.15) is 30.6 Å². The molecule has 0 spiro atoms. The van der Waals surface area contributed by atoms with E-state index in [0.717, 1.165) is 18.2 Å². The van der Waals surface area contributed by atoms with Gasteiger partial charge in [0, 0.05) is 0 Å². The van der Waals surface area contributed by atoms with Crippen LogP contribution in [0.5, 0.6) is 0 Å². The van der Waals surface area contributed by atoms with Crippen LogP contribution < -0.4 is 5.14 Å². The van der Waals surface area contributed by atoms with Crippen molar-refractivity contribution in [2.75, 3.05) is 6.61 Å². The van der Waals surface area contributed by atoms with Gasteiger partial charge in [0.15, 0.2) is 0 Å². The molecule has 0 unspecified atom stereocenters. The van der Waals surface area contributed by atoms with Crippen LogP contribution in [0.25, 0.3) is 0 Å². The van der Waals surface area contributed by atoms with Gasteiger partial charge in [0.1, 0.15) is 5.82 Å². The van der Waals surface area contributed by atoms with Crippen LogP contribution in [0.3, 0.4) is 0 Å². The Balaban J connectivity index is 2.90. The molecule has 0 heterocycles. The first-order valence-corrected chi connectivity index (χ1v) is 7.26. The minimum atomic E-state index is -3.98. The first-order chi connectivity index (χ1) is 8.71. The highest BCUT2D eigenvalue weighted by molar-refractivity contribution is 7.89. The molecule has 0 bridgehead atoms. The molecular weight excluding hydrogens is 273 g/mol. The van der Waals surface area contributed by atoms with E-state index >= 15 is 0 Å². The SMILES string of the molecule is CC(C)CCOC(=O)c1cc(S(N)(=O)=O)ccc1F. The predicted octanol–water partition coefficient (Wildman–Crippen LogP) is 1.68. The van der Waals surface area contributed by atoms with Crippen molar-refractivity contribution < 1.29 is 22.3 Å². The third-order valence-electron chi connectivity index (χ3n) is 2.41. The van der Waals surface area contributed by atoms with Gasteiger partial charge >= 0.3 is 5.97 Å². The van der Waals surface area contributed by atoms with Gasteiger partial charge in [-0.2, -0.15) is 0 Å². The van der Waals surface area contributed by atoms with Gasteiger partial charge in [-0.05, 0) is 30.5 Å². The summed E-state index contributed by atoms with van der Waals surface area (Å²) in [6, 6.07) is 2.75. The summed E-state index contributed by atoms with van der Waals surface area (Å²) in [6.45, 7) is 4.06. The van der Waals surface area contributed by atoms with Crippen molar-refractivity contribution in [1.82, 2.24) is 0 Å². The zero-order valence-corrected chi connectivity index (χ0v) is 11.5. The van der Waals surface area contributed by atoms with E-state index in [1.54, 1.807) is 0 Å². The number of hydrogen-bond acceptors (Lipinski definition) is 4. The maximum Gasteiger partial charge on any atom is 0.341 e. The summed E-state index contributed by atoms with van der Waals surface area (Å²) in [7, 11) is -3.98. The molecule has 2 N–H and O–H groups in total. The lowest BCUT2D eigenvalue weighted by atomic mass is 10.1. The molecule has 19 heavy (non-hydrogen) atoms. The Labute approximate surface area is 111 Å². The van der Waals surface area contributed by atoms with Crippen molar-refractivity contribution in [3.63, 3.8) is 0 Å². The van der Waals surface area contributed by atoms with Crippen molar-refractivity contribution in [2.45, 2.75) is 25.2 Å². The molecular formula is C12H16FNO4S. The fourth-order valence-electron chi connectivity index (χ4n) is 1.30. The Morgan fingerprint density at radius 3 is 2.58 bits per heavy atom. The van der Waals surface area contributed by atoms with Crippen molar-refractivity contribution in [3.8, 4) is 0 Å². The van der Waals surface area contributed by atoms with Gasteiger partial charge < -0.3 is 4.74 Å². The monoisotopic (exact) mass is 289 g/mol. The smallest absolute Gasteiger partial charge is 0.341 e. The molecule has 1 aromatic rings. The van der Waals surface area contributed by atoms with Crippen LogP contribution in [-0.2, 0) is 14.8 Å². The zero-order valence-electron chi connectivity index (χ0n) is 10.7. The number of sulfonamides is 1. The largest absolute Gasteiger partial charge is 0.462 e. The third-order valence-corrected chi connectivity index (χ3v) is 3.33. The number of esters is 1. The number of rotatable bonds is 5. The van der Waals surface area contributed by atoms with Crippen molar-refractivity contribution in [1.29, 1.82) is 0 Å². The number of primary sulfonamides is 1. The third kappa shape index (κ3) is 4.60. The van der Waals surface area contributed by atoms with E-state index in [0.29, 0.717) is 12.3 Å². The predicted molar refractivity (Wildman–Crippen MR) is 67.5 cm³/mol. The molecule has 0 saturated heterocycles. The normalized spacial score (nSPS) is 11.6. The van der Waals surface area contributed by atoms with E-state index in [2.05, 4.69) is 0 Å². The minimum Gasteiger partial charge on any atom is -0.462 e. The molecule has 0 radical (unpaired) electrons. The summed E-state index contributed by atoms with van der Waals surface area (Å²) >= 11 is 0. The second-order valence-corrected chi connectivity index (χ2v) is 6.07. The molecule has 0 amide bonds. The lowest BCUT2D eigenvalue weighted by molar-refractivity contribution is 0.0482. The van der Waals surface area contributed by atoms with Gasteiger partial charge in [-0.1, -0.05) is 13.8 Å². The van der Waals surface area contributed by atoms with Crippen LogP contribution >= 0.6 is 0 Å². The first-order valence-electron chi connectivity index (χ1n) is 5.71. The summed E-state index contributed by atoms with van der Waals surface area (Å²) in [4.78, 5) is 11.3. The van der Waals surface area contributed by atoms with Gasteiger partial charge in [-0.15, -0.1) is 0 Å². The number of hydrogen-bond donors (Lipinski definition) is 1. The summed E-state index contributed by atoms with van der Waals surface area (Å²) < 4.78 is 40.6. The Morgan fingerprint density at radius 2 is 2.05 bits per heavy atom. The Hall–Kier alpha value is -1.47. The maximum atomic E-state index is 13.5. The molecule has 0 atom stereocenters. The van der Waals surface area contributed by atoms with E-state index in [1.807, 2.05) is 13.8 Å². The van der Waals surface area contributed by atoms with Crippen molar-refractivity contribution >= 4 is 16.0 Å². The molecule has 0 fully saturated rings. The van der Waals surface area contributed by atoms with Gasteiger partial charge in [-0.3, -0.25) is 0 Å². The zero-order chi connectivity index (χ0) is 14.6. The summed E-state index contributed by atoms with van der Waals surface area (Å²) in [6.07, 6.45) is 0.641. The van der Waals surface area contributed by atoms with E-state index in [-0.39, 0.29) is 11.5 Å². The van der Waals surface area contributed by atoms with E-state index in [9.17, 15) is 17.6 Å². The van der Waals surface area contributed by atoms with Crippen molar-refractivity contribution in [2.24, 2.45) is 11.1 Å². The quantitative estimate of drug-likeness (QED) is 0.835. The molecule has 0 saturated carbocycles. The van der Waals surface area contributed by atoms with Gasteiger partial charge in [0.2, 0.25) is 10.0 Å². The molecule has 0 aromatic heterocycles. The topological polar surface area (TPSA) is 86.5 Å².